The Morgan fingerprint density at radius 3 is 2.30 bits per heavy atom. The Morgan fingerprint density at radius 1 is 1.03 bits per heavy atom. The van der Waals surface area contributed by atoms with Crippen molar-refractivity contribution in [2.75, 3.05) is 43.9 Å². The predicted octanol–water partition coefficient (Wildman–Crippen LogP) is 4.07. The number of thiazole rings is 1. The van der Waals surface area contributed by atoms with Crippen LogP contribution in [0.25, 0.3) is 10.2 Å². The zero-order valence-corrected chi connectivity index (χ0v) is 21.4. The van der Waals surface area contributed by atoms with E-state index in [1.54, 1.807) is 31.4 Å². The number of methoxy groups -OCH3 is 1. The first kappa shape index (κ1) is 25.1. The largest absolute Gasteiger partial charge is 0.494 e. The molecule has 178 valence electrons. The van der Waals surface area contributed by atoms with Crippen LogP contribution in [0.2, 0.25) is 0 Å². The number of aryl methyl sites for hydroxylation is 2. The number of amides is 1. The highest BCUT2D eigenvalue weighted by atomic mass is 32.2. The molecule has 3 aromatic rings. The molecule has 0 bridgehead atoms. The van der Waals surface area contributed by atoms with Gasteiger partial charge in [-0.2, -0.15) is 0 Å². The van der Waals surface area contributed by atoms with E-state index in [1.807, 2.05) is 26.0 Å². The van der Waals surface area contributed by atoms with Crippen LogP contribution in [-0.4, -0.2) is 63.3 Å². The lowest BCUT2D eigenvalue weighted by atomic mass is 10.2. The minimum absolute atomic E-state index is 0.145. The molecule has 1 amide bonds. The maximum Gasteiger partial charge on any atom is 0.244 e. The molecule has 2 aromatic carbocycles. The normalized spacial score (nSPS) is 11.8. The molecule has 3 rings (SSSR count). The van der Waals surface area contributed by atoms with Crippen LogP contribution in [-0.2, 0) is 14.6 Å². The molecule has 33 heavy (non-hydrogen) atoms. The Labute approximate surface area is 199 Å². The van der Waals surface area contributed by atoms with Gasteiger partial charge >= 0.3 is 0 Å². The van der Waals surface area contributed by atoms with Crippen molar-refractivity contribution in [3.63, 3.8) is 0 Å². The fourth-order valence-corrected chi connectivity index (χ4v) is 5.85. The molecule has 0 spiro atoms. The number of nitrogens with zero attached hydrogens (tertiary/aromatic N) is 3. The Balaban J connectivity index is 1.97. The number of likely N-dealkylation sites (N-methyl/N-ethyl adjacent to an activating group) is 1. The van der Waals surface area contributed by atoms with Gasteiger partial charge in [0.15, 0.2) is 15.0 Å². The van der Waals surface area contributed by atoms with Gasteiger partial charge in [0.2, 0.25) is 5.91 Å². The number of anilines is 1. The number of hydrogen-bond acceptors (Lipinski definition) is 7. The summed E-state index contributed by atoms with van der Waals surface area (Å²) in [6.07, 6.45) is 0. The Hall–Kier alpha value is -2.49. The molecular formula is C24H31N3O4S2. The third-order valence-electron chi connectivity index (χ3n) is 5.67. The quantitative estimate of drug-likeness (QED) is 0.427. The van der Waals surface area contributed by atoms with E-state index in [0.717, 1.165) is 28.9 Å². The fourth-order valence-electron chi connectivity index (χ4n) is 3.56. The van der Waals surface area contributed by atoms with Gasteiger partial charge in [0.05, 0.1) is 16.7 Å². The van der Waals surface area contributed by atoms with E-state index in [2.05, 4.69) is 18.7 Å². The van der Waals surface area contributed by atoms with E-state index in [9.17, 15) is 13.2 Å². The van der Waals surface area contributed by atoms with Crippen molar-refractivity contribution in [3.8, 4) is 5.75 Å². The number of carbonyl (C=O) groups is 1. The molecule has 0 unspecified atom stereocenters. The summed E-state index contributed by atoms with van der Waals surface area (Å²) >= 11 is 1.38. The third kappa shape index (κ3) is 5.72. The van der Waals surface area contributed by atoms with Gasteiger partial charge in [-0.3, -0.25) is 9.69 Å². The summed E-state index contributed by atoms with van der Waals surface area (Å²) < 4.78 is 32.3. The highest BCUT2D eigenvalue weighted by molar-refractivity contribution is 7.92. The molecule has 9 heteroatoms. The molecule has 0 saturated carbocycles. The minimum atomic E-state index is -3.78. The zero-order chi connectivity index (χ0) is 24.2. The van der Waals surface area contributed by atoms with Crippen molar-refractivity contribution in [3.05, 3.63) is 47.5 Å². The summed E-state index contributed by atoms with van der Waals surface area (Å²) in [6, 6.07) is 10.4. The van der Waals surface area contributed by atoms with Crippen LogP contribution < -0.4 is 9.64 Å². The van der Waals surface area contributed by atoms with Crippen molar-refractivity contribution < 1.29 is 17.9 Å². The summed E-state index contributed by atoms with van der Waals surface area (Å²) in [7, 11) is -2.20. The fraction of sp³-hybridized carbons (Fsp3) is 0.417. The van der Waals surface area contributed by atoms with Gasteiger partial charge in [0.25, 0.3) is 0 Å². The van der Waals surface area contributed by atoms with Gasteiger partial charge in [-0.15, -0.1) is 0 Å². The smallest absolute Gasteiger partial charge is 0.244 e. The van der Waals surface area contributed by atoms with Crippen molar-refractivity contribution in [2.45, 2.75) is 32.6 Å². The van der Waals surface area contributed by atoms with Crippen LogP contribution >= 0.6 is 11.3 Å². The Kier molecular flexibility index (Phi) is 8.10. The van der Waals surface area contributed by atoms with Crippen LogP contribution in [0.1, 0.15) is 25.0 Å². The van der Waals surface area contributed by atoms with Gasteiger partial charge in [0, 0.05) is 13.1 Å². The maximum absolute atomic E-state index is 13.4. The average molecular weight is 490 g/mol. The molecule has 7 nitrogen and oxygen atoms in total. The first-order valence-corrected chi connectivity index (χ1v) is 13.4. The van der Waals surface area contributed by atoms with Crippen molar-refractivity contribution in [1.29, 1.82) is 0 Å². The topological polar surface area (TPSA) is 79.8 Å². The zero-order valence-electron chi connectivity index (χ0n) is 19.8. The highest BCUT2D eigenvalue weighted by Gasteiger charge is 2.27. The molecular weight excluding hydrogens is 458 g/mol. The molecule has 0 radical (unpaired) electrons. The van der Waals surface area contributed by atoms with E-state index in [1.165, 1.54) is 16.2 Å². The molecule has 0 aliphatic carbocycles. The van der Waals surface area contributed by atoms with Gasteiger partial charge in [0.1, 0.15) is 17.0 Å². The number of carbonyl (C=O) groups excluding carboxylic acids is 1. The maximum atomic E-state index is 13.4. The lowest BCUT2D eigenvalue weighted by molar-refractivity contribution is -0.116. The lowest BCUT2D eigenvalue weighted by Gasteiger charge is -2.24. The van der Waals surface area contributed by atoms with E-state index in [0.29, 0.717) is 29.5 Å². The van der Waals surface area contributed by atoms with Crippen LogP contribution in [0.15, 0.2) is 41.3 Å². The number of rotatable bonds is 10. The molecule has 0 atom stereocenters. The van der Waals surface area contributed by atoms with E-state index in [4.69, 9.17) is 9.72 Å². The van der Waals surface area contributed by atoms with Gasteiger partial charge in [-0.05, 0) is 50.7 Å². The van der Waals surface area contributed by atoms with E-state index >= 15 is 0 Å². The second kappa shape index (κ2) is 10.6. The molecule has 0 fully saturated rings. The predicted molar refractivity (Wildman–Crippen MR) is 134 cm³/mol. The van der Waals surface area contributed by atoms with Crippen LogP contribution in [0.5, 0.6) is 5.75 Å². The summed E-state index contributed by atoms with van der Waals surface area (Å²) in [5, 5.41) is 0.480. The van der Waals surface area contributed by atoms with Crippen LogP contribution in [0, 0.1) is 13.8 Å². The Morgan fingerprint density at radius 2 is 1.70 bits per heavy atom. The standard InChI is InChI=1S/C24H31N3O4S2/c1-6-26(7-2)14-15-27(21(28)16-33(29,30)19-11-8-17(3)9-12-19)24-25-22-20(31-5)13-10-18(4)23(22)32-24/h8-13H,6-7,14-16H2,1-5H3. The molecule has 0 aliphatic heterocycles. The van der Waals surface area contributed by atoms with Gasteiger partial charge < -0.3 is 9.64 Å². The molecule has 0 saturated heterocycles. The molecule has 1 heterocycles. The summed E-state index contributed by atoms with van der Waals surface area (Å²) in [4.78, 5) is 21.9. The molecule has 1 aromatic heterocycles. The molecule has 0 N–H and O–H groups in total. The van der Waals surface area contributed by atoms with Crippen molar-refractivity contribution >= 4 is 42.4 Å². The summed E-state index contributed by atoms with van der Waals surface area (Å²) in [5.74, 6) is -0.472. The number of ether oxygens (including phenoxy) is 1. The monoisotopic (exact) mass is 489 g/mol. The van der Waals surface area contributed by atoms with E-state index < -0.39 is 21.5 Å². The van der Waals surface area contributed by atoms with Crippen LogP contribution in [0.4, 0.5) is 5.13 Å². The van der Waals surface area contributed by atoms with Crippen LogP contribution in [0.3, 0.4) is 0 Å². The van der Waals surface area contributed by atoms with Crippen molar-refractivity contribution in [2.24, 2.45) is 0 Å². The second-order valence-electron chi connectivity index (χ2n) is 7.90. The Bertz CT molecular complexity index is 1220. The second-order valence-corrected chi connectivity index (χ2v) is 10.9. The van der Waals surface area contributed by atoms with Crippen molar-refractivity contribution in [1.82, 2.24) is 9.88 Å². The summed E-state index contributed by atoms with van der Waals surface area (Å²) in [5.41, 5.74) is 2.66. The SMILES string of the molecule is CCN(CC)CCN(C(=O)CS(=O)(=O)c1ccc(C)cc1)c1nc2c(OC)ccc(C)c2s1. The molecule has 0 aliphatic rings. The lowest BCUT2D eigenvalue weighted by Crippen LogP contribution is -2.41. The summed E-state index contributed by atoms with van der Waals surface area (Å²) in [6.45, 7) is 10.6. The minimum Gasteiger partial charge on any atom is -0.494 e. The number of fused-ring (bicyclic) bond motifs is 1. The third-order valence-corrected chi connectivity index (χ3v) is 8.50. The number of sulfone groups is 1. The highest BCUT2D eigenvalue weighted by Crippen LogP contribution is 2.36. The number of benzene rings is 2. The number of aromatic nitrogens is 1. The first-order valence-electron chi connectivity index (χ1n) is 11.0. The van der Waals surface area contributed by atoms with E-state index in [-0.39, 0.29) is 4.90 Å². The van der Waals surface area contributed by atoms with Gasteiger partial charge in [-0.25, -0.2) is 13.4 Å². The average Bonchev–Trinajstić information content (AvgIpc) is 3.23. The number of hydrogen-bond donors (Lipinski definition) is 0. The first-order chi connectivity index (χ1) is 15.7. The van der Waals surface area contributed by atoms with Gasteiger partial charge in [-0.1, -0.05) is 48.9 Å².